The van der Waals surface area contributed by atoms with Gasteiger partial charge in [-0.1, -0.05) is 25.2 Å². The molecule has 0 aromatic carbocycles. The molecule has 0 spiro atoms. The van der Waals surface area contributed by atoms with Crippen LogP contribution in [-0.4, -0.2) is 0 Å². The van der Waals surface area contributed by atoms with Crippen molar-refractivity contribution >= 4 is 0 Å². The van der Waals surface area contributed by atoms with Gasteiger partial charge in [-0.25, -0.2) is 0 Å². The minimum atomic E-state index is 0. The second-order valence-electron chi connectivity index (χ2n) is 2.91. The maximum absolute atomic E-state index is 2.51. The Balaban J connectivity index is 0.000000320. The average Bonchev–Trinajstić information content (AvgIpc) is 2.22. The van der Waals surface area contributed by atoms with Crippen LogP contribution in [0.5, 0.6) is 0 Å². The molecular formula is C8H14Y+. The molecule has 0 saturated heterocycles. The van der Waals surface area contributed by atoms with Crippen LogP contribution in [0.1, 0.15) is 25.7 Å². The van der Waals surface area contributed by atoms with E-state index in [1.807, 2.05) is 0 Å². The minimum Gasteiger partial charge on any atom is -0.358 e. The molecule has 2 aliphatic carbocycles. The van der Waals surface area contributed by atoms with E-state index in [1.54, 1.807) is 0 Å². The van der Waals surface area contributed by atoms with E-state index in [4.69, 9.17) is 0 Å². The van der Waals surface area contributed by atoms with Gasteiger partial charge in [-0.15, -0.1) is 0 Å². The minimum absolute atomic E-state index is 0. The van der Waals surface area contributed by atoms with Gasteiger partial charge >= 0.3 is 32.7 Å². The molecule has 2 bridgehead atoms. The van der Waals surface area contributed by atoms with Crippen molar-refractivity contribution < 1.29 is 32.7 Å². The first-order valence-electron chi connectivity index (χ1n) is 3.28. The molecule has 2 atom stereocenters. The van der Waals surface area contributed by atoms with Crippen LogP contribution in [0.25, 0.3) is 0 Å². The summed E-state index contributed by atoms with van der Waals surface area (Å²) in [5.41, 5.74) is 0. The van der Waals surface area contributed by atoms with Gasteiger partial charge in [0.2, 0.25) is 0 Å². The van der Waals surface area contributed by atoms with Crippen molar-refractivity contribution in [2.24, 2.45) is 11.8 Å². The molecule has 2 fully saturated rings. The van der Waals surface area contributed by atoms with Gasteiger partial charge in [-0.05, 0) is 0 Å². The predicted molar refractivity (Wildman–Crippen MR) is 36.2 cm³/mol. The predicted octanol–water partition coefficient (Wildman–Crippen LogP) is 2.46. The average molecular weight is 199 g/mol. The molecule has 48 valence electrons. The van der Waals surface area contributed by atoms with E-state index in [0.717, 1.165) is 11.8 Å². The third-order valence-corrected chi connectivity index (χ3v) is 2.38. The summed E-state index contributed by atoms with van der Waals surface area (Å²) < 4.78 is 0. The quantitative estimate of drug-likeness (QED) is 0.525. The molecule has 0 aliphatic heterocycles. The molecule has 9 heavy (non-hydrogen) atoms. The standard InChI is InChI=1S/C7H11.CH3.Y/c1-2-7-4-3-6(1)5-7;;/h1,6-7H,2-5H2;1H3;/q2*-1;+3. The number of rotatable bonds is 0. The molecule has 2 saturated carbocycles. The van der Waals surface area contributed by atoms with Crippen molar-refractivity contribution in [2.45, 2.75) is 25.7 Å². The second kappa shape index (κ2) is 4.08. The first-order valence-corrected chi connectivity index (χ1v) is 3.28. The van der Waals surface area contributed by atoms with Gasteiger partial charge in [0, 0.05) is 0 Å². The first kappa shape index (κ1) is 10.1. The molecule has 0 nitrogen and oxygen atoms in total. The van der Waals surface area contributed by atoms with Crippen molar-refractivity contribution in [3.63, 3.8) is 0 Å². The van der Waals surface area contributed by atoms with Crippen LogP contribution in [0, 0.1) is 25.7 Å². The van der Waals surface area contributed by atoms with E-state index < -0.39 is 0 Å². The van der Waals surface area contributed by atoms with Gasteiger partial charge in [-0.2, -0.15) is 12.3 Å². The summed E-state index contributed by atoms with van der Waals surface area (Å²) in [5.74, 6) is 2.16. The molecule has 2 rings (SSSR count). The van der Waals surface area contributed by atoms with E-state index in [9.17, 15) is 0 Å². The van der Waals surface area contributed by atoms with Crippen LogP contribution in [0.2, 0.25) is 0 Å². The third kappa shape index (κ3) is 2.01. The fraction of sp³-hybridized carbons (Fsp3) is 0.750. The number of hydrogen-bond donors (Lipinski definition) is 0. The van der Waals surface area contributed by atoms with Crippen LogP contribution in [0.15, 0.2) is 0 Å². The Morgan fingerprint density at radius 2 is 2.00 bits per heavy atom. The van der Waals surface area contributed by atoms with Crippen LogP contribution in [0.4, 0.5) is 0 Å². The molecular weight excluding hydrogens is 185 g/mol. The van der Waals surface area contributed by atoms with Gasteiger partial charge in [0.05, 0.1) is 0 Å². The fourth-order valence-electron chi connectivity index (χ4n) is 1.93. The second-order valence-corrected chi connectivity index (χ2v) is 2.91. The molecule has 0 amide bonds. The molecule has 0 N–H and O–H groups in total. The monoisotopic (exact) mass is 199 g/mol. The van der Waals surface area contributed by atoms with E-state index >= 15 is 0 Å². The zero-order valence-corrected chi connectivity index (χ0v) is 8.98. The molecule has 2 unspecified atom stereocenters. The Morgan fingerprint density at radius 3 is 2.11 bits per heavy atom. The van der Waals surface area contributed by atoms with Gasteiger partial charge in [0.1, 0.15) is 0 Å². The smallest absolute Gasteiger partial charge is 0.358 e. The van der Waals surface area contributed by atoms with Crippen LogP contribution in [-0.2, 0) is 32.7 Å². The third-order valence-electron chi connectivity index (χ3n) is 2.38. The molecule has 0 radical (unpaired) electrons. The fourth-order valence-corrected chi connectivity index (χ4v) is 1.93. The zero-order valence-electron chi connectivity index (χ0n) is 6.14. The summed E-state index contributed by atoms with van der Waals surface area (Å²) in [5, 5.41) is 0. The Morgan fingerprint density at radius 1 is 1.22 bits per heavy atom. The van der Waals surface area contributed by atoms with Crippen molar-refractivity contribution in [3.05, 3.63) is 13.8 Å². The molecule has 0 aromatic rings. The van der Waals surface area contributed by atoms with Crippen molar-refractivity contribution in [2.75, 3.05) is 0 Å². The Hall–Kier alpha value is 1.10. The summed E-state index contributed by atoms with van der Waals surface area (Å²) in [4.78, 5) is 0. The Labute approximate surface area is 83.7 Å². The van der Waals surface area contributed by atoms with Gasteiger partial charge in [0.15, 0.2) is 0 Å². The first-order chi connectivity index (χ1) is 3.45. The summed E-state index contributed by atoms with van der Waals surface area (Å²) in [6.07, 6.45) is 8.50. The number of hydrogen-bond acceptors (Lipinski definition) is 0. The van der Waals surface area contributed by atoms with Crippen molar-refractivity contribution in [1.29, 1.82) is 0 Å². The van der Waals surface area contributed by atoms with Crippen LogP contribution < -0.4 is 0 Å². The largest absolute Gasteiger partial charge is 3.00 e. The van der Waals surface area contributed by atoms with E-state index in [2.05, 4.69) is 6.42 Å². The zero-order chi connectivity index (χ0) is 4.69. The van der Waals surface area contributed by atoms with Crippen molar-refractivity contribution in [1.82, 2.24) is 0 Å². The molecule has 1 heteroatoms. The van der Waals surface area contributed by atoms with Gasteiger partial charge < -0.3 is 13.8 Å². The topological polar surface area (TPSA) is 0 Å². The maximum Gasteiger partial charge on any atom is 3.00 e. The Bertz CT molecular complexity index is 62.6. The summed E-state index contributed by atoms with van der Waals surface area (Å²) in [6, 6.07) is 0. The molecule has 0 aromatic heterocycles. The SMILES string of the molecule is [CH-]1CC2CCC1C2.[CH3-].[Y+3]. The van der Waals surface area contributed by atoms with Gasteiger partial charge in [-0.3, -0.25) is 0 Å². The van der Waals surface area contributed by atoms with Crippen molar-refractivity contribution in [3.8, 4) is 0 Å². The Kier molecular flexibility index (Phi) is 4.58. The summed E-state index contributed by atoms with van der Waals surface area (Å²) in [7, 11) is 0. The maximum atomic E-state index is 2.51. The van der Waals surface area contributed by atoms with Crippen LogP contribution >= 0.6 is 0 Å². The molecule has 0 heterocycles. The number of fused-ring (bicyclic) bond motifs is 2. The van der Waals surface area contributed by atoms with E-state index in [0.29, 0.717) is 0 Å². The summed E-state index contributed by atoms with van der Waals surface area (Å²) in [6.45, 7) is 0. The summed E-state index contributed by atoms with van der Waals surface area (Å²) >= 11 is 0. The van der Waals surface area contributed by atoms with Crippen LogP contribution in [0.3, 0.4) is 0 Å². The normalized spacial score (nSPS) is 37.3. The van der Waals surface area contributed by atoms with Gasteiger partial charge in [0.25, 0.3) is 0 Å². The molecule has 2 aliphatic rings. The van der Waals surface area contributed by atoms with E-state index in [1.165, 1.54) is 25.7 Å². The van der Waals surface area contributed by atoms with E-state index in [-0.39, 0.29) is 40.1 Å².